The van der Waals surface area contributed by atoms with Crippen molar-refractivity contribution >= 4 is 45.1 Å². The quantitative estimate of drug-likeness (QED) is 0.666. The van der Waals surface area contributed by atoms with Gasteiger partial charge in [0, 0.05) is 6.54 Å². The lowest BCUT2D eigenvalue weighted by Gasteiger charge is -2.06. The number of aromatic nitrogens is 2. The second-order valence-corrected chi connectivity index (χ2v) is 6.45. The van der Waals surface area contributed by atoms with Crippen LogP contribution in [0.1, 0.15) is 36.0 Å². The van der Waals surface area contributed by atoms with Gasteiger partial charge >= 0.3 is 5.97 Å². The molecule has 114 valence electrons. The van der Waals surface area contributed by atoms with E-state index in [-0.39, 0.29) is 5.97 Å². The third-order valence-electron chi connectivity index (χ3n) is 2.81. The third-order valence-corrected chi connectivity index (χ3v) is 4.25. The predicted octanol–water partition coefficient (Wildman–Crippen LogP) is 3.90. The lowest BCUT2D eigenvalue weighted by Crippen LogP contribution is -2.09. The summed E-state index contributed by atoms with van der Waals surface area (Å²) in [6.45, 7) is 8.89. The molecule has 5 nitrogen and oxygen atoms in total. The molecule has 0 bridgehead atoms. The standard InChI is InChI=1S/C14H18ClN3O2S/c1-5-16-14-17-11(15)9-8(4)10(21-12(9)18-14)13(19)20-6-7(2)3/h7H,5-6H2,1-4H3,(H,16,17,18). The van der Waals surface area contributed by atoms with Crippen molar-refractivity contribution < 1.29 is 9.53 Å². The second kappa shape index (κ2) is 6.58. The molecule has 0 aromatic carbocycles. The van der Waals surface area contributed by atoms with Crippen LogP contribution in [0.25, 0.3) is 10.2 Å². The van der Waals surface area contributed by atoms with Crippen molar-refractivity contribution in [2.24, 2.45) is 5.92 Å². The van der Waals surface area contributed by atoms with E-state index in [1.807, 2.05) is 27.7 Å². The maximum Gasteiger partial charge on any atom is 0.348 e. The first kappa shape index (κ1) is 16.0. The van der Waals surface area contributed by atoms with Crippen molar-refractivity contribution in [3.63, 3.8) is 0 Å². The highest BCUT2D eigenvalue weighted by molar-refractivity contribution is 7.20. The molecule has 2 aromatic rings. The van der Waals surface area contributed by atoms with E-state index in [9.17, 15) is 4.79 Å². The number of halogens is 1. The normalized spacial score (nSPS) is 11.1. The van der Waals surface area contributed by atoms with Gasteiger partial charge in [0.1, 0.15) is 14.9 Å². The molecule has 2 heterocycles. The molecule has 0 saturated heterocycles. The largest absolute Gasteiger partial charge is 0.461 e. The molecule has 0 amide bonds. The Hall–Kier alpha value is -1.40. The third kappa shape index (κ3) is 3.44. The van der Waals surface area contributed by atoms with Gasteiger partial charge in [0.15, 0.2) is 0 Å². The SMILES string of the molecule is CCNc1nc(Cl)c2c(C)c(C(=O)OCC(C)C)sc2n1. The van der Waals surface area contributed by atoms with E-state index in [2.05, 4.69) is 15.3 Å². The van der Waals surface area contributed by atoms with Crippen molar-refractivity contribution in [2.45, 2.75) is 27.7 Å². The van der Waals surface area contributed by atoms with E-state index in [1.54, 1.807) is 0 Å². The summed E-state index contributed by atoms with van der Waals surface area (Å²) >= 11 is 7.50. The number of carbonyl (C=O) groups excluding carboxylic acids is 1. The first-order valence-electron chi connectivity index (χ1n) is 6.81. The van der Waals surface area contributed by atoms with Gasteiger partial charge in [-0.1, -0.05) is 25.4 Å². The van der Waals surface area contributed by atoms with Gasteiger partial charge in [-0.05, 0) is 25.3 Å². The minimum atomic E-state index is -0.328. The highest BCUT2D eigenvalue weighted by atomic mass is 35.5. The molecule has 0 unspecified atom stereocenters. The summed E-state index contributed by atoms with van der Waals surface area (Å²) in [6.07, 6.45) is 0. The highest BCUT2D eigenvalue weighted by Crippen LogP contribution is 2.34. The van der Waals surface area contributed by atoms with Gasteiger partial charge in [0.25, 0.3) is 0 Å². The minimum Gasteiger partial charge on any atom is -0.461 e. The number of hydrogen-bond donors (Lipinski definition) is 1. The van der Waals surface area contributed by atoms with Crippen molar-refractivity contribution in [1.29, 1.82) is 0 Å². The average Bonchev–Trinajstić information content (AvgIpc) is 2.74. The number of hydrogen-bond acceptors (Lipinski definition) is 6. The van der Waals surface area contributed by atoms with Crippen LogP contribution in [0.2, 0.25) is 5.15 Å². The number of fused-ring (bicyclic) bond motifs is 1. The van der Waals surface area contributed by atoms with Crippen LogP contribution < -0.4 is 5.32 Å². The Morgan fingerprint density at radius 1 is 1.43 bits per heavy atom. The van der Waals surface area contributed by atoms with Crippen LogP contribution >= 0.6 is 22.9 Å². The van der Waals surface area contributed by atoms with Crippen LogP contribution in [0.15, 0.2) is 0 Å². The summed E-state index contributed by atoms with van der Waals surface area (Å²) in [7, 11) is 0. The van der Waals surface area contributed by atoms with E-state index >= 15 is 0 Å². The van der Waals surface area contributed by atoms with Crippen LogP contribution in [-0.4, -0.2) is 29.1 Å². The number of ether oxygens (including phenoxy) is 1. The zero-order valence-electron chi connectivity index (χ0n) is 12.5. The predicted molar refractivity (Wildman–Crippen MR) is 86.4 cm³/mol. The molecular formula is C14H18ClN3O2S. The molecule has 0 aliphatic heterocycles. The fraction of sp³-hybridized carbons (Fsp3) is 0.500. The number of esters is 1. The summed E-state index contributed by atoms with van der Waals surface area (Å²) in [5.41, 5.74) is 0.775. The van der Waals surface area contributed by atoms with Gasteiger partial charge in [-0.2, -0.15) is 0 Å². The number of thiophene rings is 1. The van der Waals surface area contributed by atoms with Crippen molar-refractivity contribution in [2.75, 3.05) is 18.5 Å². The first-order chi connectivity index (χ1) is 9.93. The fourth-order valence-corrected chi connectivity index (χ4v) is 3.27. The molecule has 7 heteroatoms. The molecule has 0 fully saturated rings. The molecule has 0 atom stereocenters. The molecule has 0 saturated carbocycles. The maximum atomic E-state index is 12.1. The molecule has 1 N–H and O–H groups in total. The van der Waals surface area contributed by atoms with E-state index in [4.69, 9.17) is 16.3 Å². The van der Waals surface area contributed by atoms with Crippen LogP contribution in [0.5, 0.6) is 0 Å². The Morgan fingerprint density at radius 3 is 2.76 bits per heavy atom. The summed E-state index contributed by atoms with van der Waals surface area (Å²) in [4.78, 5) is 22.0. The Labute approximate surface area is 132 Å². The summed E-state index contributed by atoms with van der Waals surface area (Å²) in [6, 6.07) is 0. The number of carbonyl (C=O) groups is 1. The van der Waals surface area contributed by atoms with E-state index in [0.717, 1.165) is 10.9 Å². The Morgan fingerprint density at radius 2 is 2.14 bits per heavy atom. The van der Waals surface area contributed by atoms with Gasteiger partial charge in [0.2, 0.25) is 5.95 Å². The lowest BCUT2D eigenvalue weighted by atomic mass is 10.2. The van der Waals surface area contributed by atoms with Crippen molar-refractivity contribution in [3.8, 4) is 0 Å². The number of nitrogens with zero attached hydrogens (tertiary/aromatic N) is 2. The Bertz CT molecular complexity index is 670. The molecule has 2 aromatic heterocycles. The first-order valence-corrected chi connectivity index (χ1v) is 8.01. The summed E-state index contributed by atoms with van der Waals surface area (Å²) in [5, 5.41) is 4.10. The Balaban J connectivity index is 2.40. The molecule has 0 radical (unpaired) electrons. The molecule has 0 aliphatic carbocycles. The van der Waals surface area contributed by atoms with Crippen LogP contribution in [0.3, 0.4) is 0 Å². The molecular weight excluding hydrogens is 310 g/mol. The van der Waals surface area contributed by atoms with Crippen molar-refractivity contribution in [3.05, 3.63) is 15.6 Å². The fourth-order valence-electron chi connectivity index (χ4n) is 1.83. The van der Waals surface area contributed by atoms with Crippen molar-refractivity contribution in [1.82, 2.24) is 9.97 Å². The Kier molecular flexibility index (Phi) is 5.00. The topological polar surface area (TPSA) is 64.1 Å². The zero-order chi connectivity index (χ0) is 15.6. The van der Waals surface area contributed by atoms with Gasteiger partial charge < -0.3 is 10.1 Å². The number of nitrogens with one attached hydrogen (secondary N) is 1. The second-order valence-electron chi connectivity index (χ2n) is 5.10. The van der Waals surface area contributed by atoms with Gasteiger partial charge in [-0.3, -0.25) is 0 Å². The summed E-state index contributed by atoms with van der Waals surface area (Å²) < 4.78 is 5.28. The molecule has 21 heavy (non-hydrogen) atoms. The zero-order valence-corrected chi connectivity index (χ0v) is 14.1. The molecule has 2 rings (SSSR count). The maximum absolute atomic E-state index is 12.1. The van der Waals surface area contributed by atoms with E-state index in [0.29, 0.717) is 39.9 Å². The highest BCUT2D eigenvalue weighted by Gasteiger charge is 2.21. The van der Waals surface area contributed by atoms with Crippen LogP contribution in [-0.2, 0) is 4.74 Å². The van der Waals surface area contributed by atoms with Crippen LogP contribution in [0.4, 0.5) is 5.95 Å². The van der Waals surface area contributed by atoms with E-state index < -0.39 is 0 Å². The molecule has 0 spiro atoms. The number of rotatable bonds is 5. The summed E-state index contributed by atoms with van der Waals surface area (Å²) in [5.74, 6) is 0.441. The monoisotopic (exact) mass is 327 g/mol. The van der Waals surface area contributed by atoms with Gasteiger partial charge in [-0.15, -0.1) is 11.3 Å². The molecule has 0 aliphatic rings. The van der Waals surface area contributed by atoms with Crippen LogP contribution in [0, 0.1) is 12.8 Å². The number of anilines is 1. The lowest BCUT2D eigenvalue weighted by molar-refractivity contribution is 0.0464. The number of aryl methyl sites for hydroxylation is 1. The minimum absolute atomic E-state index is 0.298. The van der Waals surface area contributed by atoms with Gasteiger partial charge in [-0.25, -0.2) is 14.8 Å². The smallest absolute Gasteiger partial charge is 0.348 e. The van der Waals surface area contributed by atoms with E-state index in [1.165, 1.54) is 11.3 Å². The van der Waals surface area contributed by atoms with Gasteiger partial charge in [0.05, 0.1) is 12.0 Å². The average molecular weight is 328 g/mol.